The molecule has 0 saturated carbocycles. The first kappa shape index (κ1) is 19.2. The lowest BCUT2D eigenvalue weighted by Crippen LogP contribution is -2.47. The van der Waals surface area contributed by atoms with Crippen LogP contribution in [0.1, 0.15) is 27.7 Å². The first-order valence-corrected chi connectivity index (χ1v) is 8.92. The summed E-state index contributed by atoms with van der Waals surface area (Å²) in [5.41, 5.74) is -0.431. The number of rotatable bonds is 5. The van der Waals surface area contributed by atoms with Crippen LogP contribution in [0, 0.1) is 0 Å². The smallest absolute Gasteiger partial charge is 0.243 e. The van der Waals surface area contributed by atoms with Crippen molar-refractivity contribution in [1.29, 1.82) is 0 Å². The Bertz CT molecular complexity index is 634. The van der Waals surface area contributed by atoms with Crippen molar-refractivity contribution in [2.45, 2.75) is 38.1 Å². The van der Waals surface area contributed by atoms with Gasteiger partial charge in [-0.2, -0.15) is 4.31 Å². The topological polar surface area (TPSA) is 66.5 Å². The highest BCUT2D eigenvalue weighted by molar-refractivity contribution is 7.89. The molecule has 0 aliphatic heterocycles. The van der Waals surface area contributed by atoms with Gasteiger partial charge in [-0.3, -0.25) is 4.79 Å². The summed E-state index contributed by atoms with van der Waals surface area (Å²) in [4.78, 5) is 11.9. The molecule has 0 unspecified atom stereocenters. The van der Waals surface area contributed by atoms with Crippen LogP contribution in [-0.2, 0) is 14.8 Å². The van der Waals surface area contributed by atoms with Crippen LogP contribution < -0.4 is 5.32 Å². The minimum absolute atomic E-state index is 0.0320. The second-order valence-electron chi connectivity index (χ2n) is 5.83. The molecule has 0 aliphatic carbocycles. The van der Waals surface area contributed by atoms with Crippen LogP contribution in [0.3, 0.4) is 0 Å². The molecule has 0 aliphatic rings. The van der Waals surface area contributed by atoms with Crippen LogP contribution in [0.4, 0.5) is 0 Å². The maximum absolute atomic E-state index is 12.6. The molecular weight excluding hydrogens is 347 g/mol. The summed E-state index contributed by atoms with van der Waals surface area (Å²) >= 11 is 11.7. The number of nitrogens with one attached hydrogen (secondary N) is 1. The average Bonchev–Trinajstić information content (AvgIpc) is 2.32. The maximum Gasteiger partial charge on any atom is 0.243 e. The lowest BCUT2D eigenvalue weighted by molar-refractivity contribution is -0.122. The van der Waals surface area contributed by atoms with Gasteiger partial charge >= 0.3 is 0 Å². The van der Waals surface area contributed by atoms with Crippen molar-refractivity contribution >= 4 is 39.1 Å². The number of hydrogen-bond acceptors (Lipinski definition) is 3. The quantitative estimate of drug-likeness (QED) is 0.870. The van der Waals surface area contributed by atoms with Gasteiger partial charge in [0.05, 0.1) is 11.4 Å². The van der Waals surface area contributed by atoms with Gasteiger partial charge in [0.15, 0.2) is 0 Å². The molecule has 124 valence electrons. The SMILES string of the molecule is CCN(CC(=O)NC(C)(C)C)S(=O)(=O)c1cc(Cl)cc(Cl)c1. The number of sulfonamides is 1. The van der Waals surface area contributed by atoms with Crippen LogP contribution in [0.25, 0.3) is 0 Å². The van der Waals surface area contributed by atoms with Gasteiger partial charge in [-0.15, -0.1) is 0 Å². The number of likely N-dealkylation sites (N-methyl/N-ethyl adjacent to an activating group) is 1. The third kappa shape index (κ3) is 5.43. The zero-order valence-electron chi connectivity index (χ0n) is 13.0. The summed E-state index contributed by atoms with van der Waals surface area (Å²) in [6, 6.07) is 4.07. The molecule has 0 saturated heterocycles. The Balaban J connectivity index is 3.04. The van der Waals surface area contributed by atoms with Gasteiger partial charge in [0.25, 0.3) is 0 Å². The normalized spacial score (nSPS) is 12.5. The van der Waals surface area contributed by atoms with E-state index in [9.17, 15) is 13.2 Å². The Hall–Kier alpha value is -0.820. The van der Waals surface area contributed by atoms with Crippen LogP contribution in [0.15, 0.2) is 23.1 Å². The molecule has 1 rings (SSSR count). The van der Waals surface area contributed by atoms with Crippen LogP contribution in [0.5, 0.6) is 0 Å². The van der Waals surface area contributed by atoms with E-state index in [0.29, 0.717) is 0 Å². The van der Waals surface area contributed by atoms with Crippen molar-refractivity contribution in [3.8, 4) is 0 Å². The second kappa shape index (κ2) is 7.17. The fourth-order valence-electron chi connectivity index (χ4n) is 1.81. The maximum atomic E-state index is 12.6. The lowest BCUT2D eigenvalue weighted by atomic mass is 10.1. The first-order valence-electron chi connectivity index (χ1n) is 6.73. The molecule has 0 radical (unpaired) electrons. The van der Waals surface area contributed by atoms with E-state index >= 15 is 0 Å². The van der Waals surface area contributed by atoms with Crippen LogP contribution in [0.2, 0.25) is 10.0 Å². The summed E-state index contributed by atoms with van der Waals surface area (Å²) in [6.45, 7) is 7.03. The van der Waals surface area contributed by atoms with E-state index in [4.69, 9.17) is 23.2 Å². The number of benzene rings is 1. The van der Waals surface area contributed by atoms with Gasteiger partial charge in [-0.25, -0.2) is 8.42 Å². The minimum atomic E-state index is -3.84. The van der Waals surface area contributed by atoms with E-state index in [1.54, 1.807) is 6.92 Å². The average molecular weight is 367 g/mol. The molecule has 1 N–H and O–H groups in total. The summed E-state index contributed by atoms with van der Waals surface area (Å²) in [7, 11) is -3.84. The van der Waals surface area contributed by atoms with Crippen LogP contribution >= 0.6 is 23.2 Å². The molecular formula is C14H20Cl2N2O3S. The third-order valence-electron chi connectivity index (χ3n) is 2.66. The summed E-state index contributed by atoms with van der Waals surface area (Å²) in [5.74, 6) is -0.369. The number of carbonyl (C=O) groups excluding carboxylic acids is 1. The highest BCUT2D eigenvalue weighted by Gasteiger charge is 2.27. The van der Waals surface area contributed by atoms with Gasteiger partial charge in [0.2, 0.25) is 15.9 Å². The molecule has 1 aromatic rings. The second-order valence-corrected chi connectivity index (χ2v) is 8.65. The van der Waals surface area contributed by atoms with Gasteiger partial charge in [0, 0.05) is 22.1 Å². The van der Waals surface area contributed by atoms with E-state index in [-0.39, 0.29) is 33.9 Å². The number of nitrogens with zero attached hydrogens (tertiary/aromatic N) is 1. The zero-order chi connectivity index (χ0) is 17.1. The first-order chi connectivity index (χ1) is 9.95. The van der Waals surface area contributed by atoms with E-state index < -0.39 is 15.6 Å². The van der Waals surface area contributed by atoms with Crippen molar-refractivity contribution in [1.82, 2.24) is 9.62 Å². The predicted octanol–water partition coefficient (Wildman–Crippen LogP) is 2.92. The zero-order valence-corrected chi connectivity index (χ0v) is 15.3. The number of hydrogen-bond donors (Lipinski definition) is 1. The van der Waals surface area contributed by atoms with Gasteiger partial charge < -0.3 is 5.32 Å². The van der Waals surface area contributed by atoms with E-state index in [2.05, 4.69) is 5.32 Å². The largest absolute Gasteiger partial charge is 0.350 e. The Morgan fingerprint density at radius 2 is 1.68 bits per heavy atom. The molecule has 0 aromatic heterocycles. The lowest BCUT2D eigenvalue weighted by Gasteiger charge is -2.24. The molecule has 0 spiro atoms. The van der Waals surface area contributed by atoms with Crippen molar-refractivity contribution in [3.05, 3.63) is 28.2 Å². The fraction of sp³-hybridized carbons (Fsp3) is 0.500. The third-order valence-corrected chi connectivity index (χ3v) is 5.00. The summed E-state index contributed by atoms with van der Waals surface area (Å²) in [5, 5.41) is 3.18. The molecule has 22 heavy (non-hydrogen) atoms. The summed E-state index contributed by atoms with van der Waals surface area (Å²) in [6.07, 6.45) is 0. The van der Waals surface area contributed by atoms with Gasteiger partial charge in [-0.1, -0.05) is 30.1 Å². The Morgan fingerprint density at radius 1 is 1.18 bits per heavy atom. The Morgan fingerprint density at radius 3 is 2.09 bits per heavy atom. The standard InChI is InChI=1S/C14H20Cl2N2O3S/c1-5-18(9-13(19)17-14(2,3)4)22(20,21)12-7-10(15)6-11(16)8-12/h6-8H,5,9H2,1-4H3,(H,17,19). The molecule has 1 aromatic carbocycles. The number of carbonyl (C=O) groups is 1. The molecule has 0 fully saturated rings. The predicted molar refractivity (Wildman–Crippen MR) is 88.8 cm³/mol. The number of amides is 1. The van der Waals surface area contributed by atoms with Crippen molar-refractivity contribution in [3.63, 3.8) is 0 Å². The van der Waals surface area contributed by atoms with Crippen LogP contribution in [-0.4, -0.2) is 37.3 Å². The Labute approximate surface area is 141 Å². The highest BCUT2D eigenvalue weighted by atomic mass is 35.5. The fourth-order valence-corrected chi connectivity index (χ4v) is 3.94. The minimum Gasteiger partial charge on any atom is -0.350 e. The monoisotopic (exact) mass is 366 g/mol. The molecule has 8 heteroatoms. The molecule has 0 bridgehead atoms. The number of halogens is 2. The van der Waals surface area contributed by atoms with Crippen molar-refractivity contribution in [2.75, 3.05) is 13.1 Å². The van der Waals surface area contributed by atoms with Crippen molar-refractivity contribution in [2.24, 2.45) is 0 Å². The summed E-state index contributed by atoms with van der Waals surface area (Å²) < 4.78 is 26.3. The van der Waals surface area contributed by atoms with Gasteiger partial charge in [0.1, 0.15) is 0 Å². The van der Waals surface area contributed by atoms with E-state index in [1.807, 2.05) is 20.8 Å². The molecule has 5 nitrogen and oxygen atoms in total. The van der Waals surface area contributed by atoms with E-state index in [1.165, 1.54) is 18.2 Å². The van der Waals surface area contributed by atoms with E-state index in [0.717, 1.165) is 4.31 Å². The molecule has 0 atom stereocenters. The molecule has 0 heterocycles. The molecule has 1 amide bonds. The van der Waals surface area contributed by atoms with Crippen molar-refractivity contribution < 1.29 is 13.2 Å². The van der Waals surface area contributed by atoms with Gasteiger partial charge in [-0.05, 0) is 39.0 Å². The highest BCUT2D eigenvalue weighted by Crippen LogP contribution is 2.24. The Kier molecular flexibility index (Phi) is 6.27.